The normalized spacial score (nSPS) is 16.7. The van der Waals surface area contributed by atoms with Crippen molar-refractivity contribution in [2.75, 3.05) is 6.61 Å². The van der Waals surface area contributed by atoms with Crippen molar-refractivity contribution in [3.05, 3.63) is 58.7 Å². The second-order valence-corrected chi connectivity index (χ2v) is 12.2. The highest BCUT2D eigenvalue weighted by atomic mass is 16.5. The molecule has 2 heteroatoms. The Morgan fingerprint density at radius 2 is 1.42 bits per heavy atom. The molecule has 0 N–H and O–H groups in total. The van der Waals surface area contributed by atoms with E-state index in [2.05, 4.69) is 71.9 Å². The molecule has 2 nitrogen and oxygen atoms in total. The molecule has 38 heavy (non-hydrogen) atoms. The van der Waals surface area contributed by atoms with E-state index in [9.17, 15) is 4.79 Å². The zero-order chi connectivity index (χ0) is 28.1. The fraction of sp³-hybridized carbons (Fsp3) is 0.694. The van der Waals surface area contributed by atoms with E-state index in [4.69, 9.17) is 4.74 Å². The van der Waals surface area contributed by atoms with Crippen molar-refractivity contribution in [1.82, 2.24) is 0 Å². The summed E-state index contributed by atoms with van der Waals surface area (Å²) in [6.45, 7) is 13.8. The fourth-order valence-corrected chi connectivity index (χ4v) is 5.33. The molecule has 0 saturated carbocycles. The van der Waals surface area contributed by atoms with Gasteiger partial charge in [0.25, 0.3) is 0 Å². The van der Waals surface area contributed by atoms with E-state index in [0.29, 0.717) is 13.0 Å². The van der Waals surface area contributed by atoms with Crippen LogP contribution in [-0.4, -0.2) is 12.6 Å². The first-order valence-electron chi connectivity index (χ1n) is 15.8. The monoisotopic (exact) mass is 524 g/mol. The maximum atomic E-state index is 12.0. The van der Waals surface area contributed by atoms with E-state index >= 15 is 0 Å². The molecule has 0 aromatic heterocycles. The number of rotatable bonds is 20. The Morgan fingerprint density at radius 3 is 2.00 bits per heavy atom. The van der Waals surface area contributed by atoms with E-state index in [1.165, 1.54) is 107 Å². The van der Waals surface area contributed by atoms with Crippen molar-refractivity contribution >= 4 is 5.97 Å². The van der Waals surface area contributed by atoms with E-state index < -0.39 is 0 Å². The molecule has 0 saturated heterocycles. The average Bonchev–Trinajstić information content (AvgIpc) is 2.86. The van der Waals surface area contributed by atoms with E-state index in [1.54, 1.807) is 0 Å². The second-order valence-electron chi connectivity index (χ2n) is 12.2. The zero-order valence-corrected chi connectivity index (χ0v) is 26.0. The van der Waals surface area contributed by atoms with Crippen LogP contribution < -0.4 is 0 Å². The quantitative estimate of drug-likeness (QED) is 0.0899. The third-order valence-corrected chi connectivity index (χ3v) is 7.91. The summed E-state index contributed by atoms with van der Waals surface area (Å²) in [7, 11) is 0. The van der Waals surface area contributed by atoms with Crippen molar-refractivity contribution in [1.29, 1.82) is 0 Å². The summed E-state index contributed by atoms with van der Waals surface area (Å²) in [6, 6.07) is 0. The highest BCUT2D eigenvalue weighted by molar-refractivity contribution is 5.69. The van der Waals surface area contributed by atoms with Gasteiger partial charge in [0.2, 0.25) is 0 Å². The molecule has 0 unspecified atom stereocenters. The largest absolute Gasteiger partial charge is 0.461 e. The molecule has 0 aliphatic heterocycles. The number of carbonyl (C=O) groups is 1. The van der Waals surface area contributed by atoms with Crippen LogP contribution in [0.5, 0.6) is 0 Å². The van der Waals surface area contributed by atoms with Gasteiger partial charge in [0.05, 0.1) is 0 Å². The maximum Gasteiger partial charge on any atom is 0.306 e. The highest BCUT2D eigenvalue weighted by Gasteiger charge is 2.26. The molecule has 0 aromatic carbocycles. The van der Waals surface area contributed by atoms with Gasteiger partial charge in [0, 0.05) is 6.42 Å². The van der Waals surface area contributed by atoms with Crippen molar-refractivity contribution in [2.24, 2.45) is 5.41 Å². The van der Waals surface area contributed by atoms with Gasteiger partial charge in [-0.2, -0.15) is 0 Å². The highest BCUT2D eigenvalue weighted by Crippen LogP contribution is 2.40. The molecular formula is C36H60O2. The summed E-state index contributed by atoms with van der Waals surface area (Å²) in [4.78, 5) is 12.0. The third kappa shape index (κ3) is 16.9. The molecule has 0 radical (unpaired) electrons. The summed E-state index contributed by atoms with van der Waals surface area (Å²) >= 11 is 0. The van der Waals surface area contributed by atoms with Crippen LogP contribution >= 0.6 is 0 Å². The average molecular weight is 525 g/mol. The van der Waals surface area contributed by atoms with E-state index in [-0.39, 0.29) is 11.4 Å². The van der Waals surface area contributed by atoms with E-state index in [1.807, 2.05) is 6.08 Å². The topological polar surface area (TPSA) is 26.3 Å². The molecule has 0 spiro atoms. The Kier molecular flexibility index (Phi) is 18.9. The summed E-state index contributed by atoms with van der Waals surface area (Å²) in [5.41, 5.74) is 5.65. The Labute approximate surface area is 236 Å². The molecule has 0 heterocycles. The number of carbonyl (C=O) groups excluding carboxylic acids is 1. The van der Waals surface area contributed by atoms with Gasteiger partial charge in [-0.15, -0.1) is 0 Å². The molecule has 216 valence electrons. The Hall–Kier alpha value is -1.83. The van der Waals surface area contributed by atoms with Crippen LogP contribution in [0.2, 0.25) is 0 Å². The first-order chi connectivity index (χ1) is 18.3. The summed E-state index contributed by atoms with van der Waals surface area (Å²) in [6.07, 6.45) is 34.3. The Balaban J connectivity index is 2.13. The van der Waals surface area contributed by atoms with Crippen LogP contribution in [0.15, 0.2) is 58.7 Å². The minimum Gasteiger partial charge on any atom is -0.461 e. The predicted octanol–water partition coefficient (Wildman–Crippen LogP) is 11.5. The van der Waals surface area contributed by atoms with Crippen molar-refractivity contribution < 1.29 is 9.53 Å². The van der Waals surface area contributed by atoms with Crippen molar-refractivity contribution in [3.63, 3.8) is 0 Å². The van der Waals surface area contributed by atoms with Gasteiger partial charge in [0.15, 0.2) is 0 Å². The SMILES string of the molecule is CCCCCCCCCCCCCCCC(=O)OC\C=C(C)/C=C\C=C(C)\C=C\C1=C(C)CCCC1(C)C. The smallest absolute Gasteiger partial charge is 0.306 e. The van der Waals surface area contributed by atoms with Crippen LogP contribution in [0.1, 0.15) is 151 Å². The van der Waals surface area contributed by atoms with Crippen LogP contribution in [0.3, 0.4) is 0 Å². The standard InChI is InChI=1S/C36H60O2/c1-7-8-9-10-11-12-13-14-15-16-17-18-19-25-35(37)38-30-28-32(3)23-20-22-31(2)26-27-34-33(4)24-21-29-36(34,5)6/h20,22-23,26-28H,7-19,21,24-25,29-30H2,1-6H3/b23-20-,27-26+,31-22+,32-28-. The predicted molar refractivity (Wildman–Crippen MR) is 167 cm³/mol. The molecule has 0 bridgehead atoms. The lowest BCUT2D eigenvalue weighted by molar-refractivity contribution is -0.142. The number of hydrogen-bond donors (Lipinski definition) is 0. The van der Waals surface area contributed by atoms with Gasteiger partial charge in [-0.05, 0) is 63.5 Å². The summed E-state index contributed by atoms with van der Waals surface area (Å²) in [5.74, 6) is -0.0720. The van der Waals surface area contributed by atoms with Crippen LogP contribution in [-0.2, 0) is 9.53 Å². The third-order valence-electron chi connectivity index (χ3n) is 7.91. The molecular weight excluding hydrogens is 464 g/mol. The van der Waals surface area contributed by atoms with Crippen LogP contribution in [0, 0.1) is 5.41 Å². The van der Waals surface area contributed by atoms with Crippen LogP contribution in [0.4, 0.5) is 0 Å². The van der Waals surface area contributed by atoms with Gasteiger partial charge in [-0.1, -0.05) is 145 Å². The zero-order valence-electron chi connectivity index (χ0n) is 26.0. The van der Waals surface area contributed by atoms with Gasteiger partial charge >= 0.3 is 5.97 Å². The minimum absolute atomic E-state index is 0.0720. The Bertz CT molecular complexity index is 803. The number of unbranched alkanes of at least 4 members (excludes halogenated alkanes) is 12. The van der Waals surface area contributed by atoms with Crippen LogP contribution in [0.25, 0.3) is 0 Å². The molecule has 0 fully saturated rings. The lowest BCUT2D eigenvalue weighted by Gasteiger charge is -2.32. The number of esters is 1. The minimum atomic E-state index is -0.0720. The molecule has 1 aliphatic rings. The molecule has 0 atom stereocenters. The number of ether oxygens (including phenoxy) is 1. The van der Waals surface area contributed by atoms with Crippen molar-refractivity contribution in [3.8, 4) is 0 Å². The maximum absolute atomic E-state index is 12.0. The Morgan fingerprint density at radius 1 is 0.842 bits per heavy atom. The summed E-state index contributed by atoms with van der Waals surface area (Å²) < 4.78 is 5.40. The fourth-order valence-electron chi connectivity index (χ4n) is 5.33. The molecule has 1 aliphatic carbocycles. The van der Waals surface area contributed by atoms with Gasteiger partial charge in [-0.25, -0.2) is 0 Å². The van der Waals surface area contributed by atoms with Gasteiger partial charge in [0.1, 0.15) is 6.61 Å². The number of hydrogen-bond acceptors (Lipinski definition) is 2. The summed E-state index contributed by atoms with van der Waals surface area (Å²) in [5, 5.41) is 0. The van der Waals surface area contributed by atoms with Gasteiger partial charge < -0.3 is 4.74 Å². The second kappa shape index (κ2) is 21.0. The molecule has 0 amide bonds. The lowest BCUT2D eigenvalue weighted by Crippen LogP contribution is -2.19. The number of allylic oxidation sites excluding steroid dienone is 9. The first-order valence-corrected chi connectivity index (χ1v) is 15.8. The first kappa shape index (κ1) is 34.2. The molecule has 0 aromatic rings. The lowest BCUT2D eigenvalue weighted by atomic mass is 9.72. The molecule has 1 rings (SSSR count). The van der Waals surface area contributed by atoms with Gasteiger partial charge in [-0.3, -0.25) is 4.79 Å². The van der Waals surface area contributed by atoms with Crippen molar-refractivity contribution in [2.45, 2.75) is 151 Å². The van der Waals surface area contributed by atoms with E-state index in [0.717, 1.165) is 18.4 Å².